The minimum Gasteiger partial charge on any atom is -0.385 e. The summed E-state index contributed by atoms with van der Waals surface area (Å²) in [6.45, 7) is 6.11. The Kier molecular flexibility index (Phi) is 10.8. The smallest absolute Gasteiger partial charge is 0.385 e. The predicted molar refractivity (Wildman–Crippen MR) is 127 cm³/mol. The Morgan fingerprint density at radius 1 is 1.00 bits per heavy atom. The monoisotopic (exact) mass is 450 g/mol. The highest BCUT2D eigenvalue weighted by molar-refractivity contribution is 6.60. The summed E-state index contributed by atoms with van der Waals surface area (Å²) >= 11 is 0. The van der Waals surface area contributed by atoms with Crippen LogP contribution in [0.2, 0.25) is 6.04 Å². The SMILES string of the molecule is C=C(C)C(=O)Nc1ccc(-c2ccccc2NCCC[Si](OC)(OC)OC)cc1.Cl. The molecule has 0 fully saturated rings. The van der Waals surface area contributed by atoms with Gasteiger partial charge < -0.3 is 23.9 Å². The number of para-hydroxylation sites is 1. The summed E-state index contributed by atoms with van der Waals surface area (Å²) in [4.78, 5) is 11.8. The summed E-state index contributed by atoms with van der Waals surface area (Å²) in [5.74, 6) is -0.178. The van der Waals surface area contributed by atoms with E-state index in [0.29, 0.717) is 5.57 Å². The number of anilines is 2. The first-order valence-corrected chi connectivity index (χ1v) is 11.4. The molecule has 6 nitrogen and oxygen atoms in total. The molecule has 0 aromatic heterocycles. The van der Waals surface area contributed by atoms with Gasteiger partial charge in [-0.15, -0.1) is 12.4 Å². The lowest BCUT2D eigenvalue weighted by Crippen LogP contribution is -2.42. The van der Waals surface area contributed by atoms with Crippen LogP contribution in [-0.4, -0.2) is 42.6 Å². The molecular weight excluding hydrogens is 420 g/mol. The van der Waals surface area contributed by atoms with Gasteiger partial charge >= 0.3 is 8.80 Å². The molecule has 0 spiro atoms. The van der Waals surface area contributed by atoms with Crippen molar-refractivity contribution in [1.82, 2.24) is 0 Å². The van der Waals surface area contributed by atoms with E-state index in [4.69, 9.17) is 13.3 Å². The molecule has 0 saturated heterocycles. The Hall–Kier alpha value is -2.16. The van der Waals surface area contributed by atoms with Crippen molar-refractivity contribution in [3.05, 3.63) is 60.7 Å². The summed E-state index contributed by atoms with van der Waals surface area (Å²) in [5.41, 5.74) is 4.43. The predicted octanol–water partition coefficient (Wildman–Crippen LogP) is 4.97. The van der Waals surface area contributed by atoms with Gasteiger partial charge in [-0.25, -0.2) is 0 Å². The minimum absolute atomic E-state index is 0. The summed E-state index contributed by atoms with van der Waals surface area (Å²) in [5, 5.41) is 6.31. The largest absolute Gasteiger partial charge is 0.500 e. The fourth-order valence-electron chi connectivity index (χ4n) is 2.94. The van der Waals surface area contributed by atoms with Crippen molar-refractivity contribution in [3.63, 3.8) is 0 Å². The molecule has 2 rings (SSSR count). The fraction of sp³-hybridized carbons (Fsp3) is 0.318. The zero-order valence-corrected chi connectivity index (χ0v) is 19.8. The summed E-state index contributed by atoms with van der Waals surface area (Å²) in [6, 6.07) is 16.7. The molecule has 30 heavy (non-hydrogen) atoms. The van der Waals surface area contributed by atoms with Crippen molar-refractivity contribution in [3.8, 4) is 11.1 Å². The van der Waals surface area contributed by atoms with Gasteiger partial charge in [-0.05, 0) is 37.1 Å². The van der Waals surface area contributed by atoms with Crippen molar-refractivity contribution >= 4 is 38.5 Å². The lowest BCUT2D eigenvalue weighted by molar-refractivity contribution is -0.112. The number of amides is 1. The van der Waals surface area contributed by atoms with Crippen molar-refractivity contribution in [2.45, 2.75) is 19.4 Å². The van der Waals surface area contributed by atoms with Gasteiger partial charge in [0.05, 0.1) is 0 Å². The van der Waals surface area contributed by atoms with Crippen LogP contribution in [0.15, 0.2) is 60.7 Å². The van der Waals surface area contributed by atoms with E-state index in [9.17, 15) is 4.79 Å². The molecule has 0 atom stereocenters. The molecule has 2 N–H and O–H groups in total. The Morgan fingerprint density at radius 2 is 1.60 bits per heavy atom. The van der Waals surface area contributed by atoms with Gasteiger partial charge in [-0.1, -0.05) is 36.9 Å². The number of nitrogens with one attached hydrogen (secondary N) is 2. The van der Waals surface area contributed by atoms with E-state index in [-0.39, 0.29) is 18.3 Å². The maximum absolute atomic E-state index is 11.8. The molecule has 0 saturated carbocycles. The zero-order chi connectivity index (χ0) is 21.3. The van der Waals surface area contributed by atoms with E-state index in [1.54, 1.807) is 28.3 Å². The highest BCUT2D eigenvalue weighted by Gasteiger charge is 2.36. The first-order chi connectivity index (χ1) is 13.9. The molecular formula is C22H31ClN2O4Si. The van der Waals surface area contributed by atoms with E-state index in [1.165, 1.54) is 0 Å². The van der Waals surface area contributed by atoms with Gasteiger partial charge in [0.25, 0.3) is 5.91 Å². The second-order valence-electron chi connectivity index (χ2n) is 6.68. The average molecular weight is 451 g/mol. The van der Waals surface area contributed by atoms with E-state index in [0.717, 1.165) is 41.5 Å². The average Bonchev–Trinajstić information content (AvgIpc) is 2.75. The number of benzene rings is 2. The molecule has 0 heterocycles. The van der Waals surface area contributed by atoms with Gasteiger partial charge in [0.2, 0.25) is 0 Å². The number of halogens is 1. The number of carbonyl (C=O) groups is 1. The standard InChI is InChI=1S/C22H30N2O4Si.ClH/c1-17(2)22(25)24-19-13-11-18(12-14-19)20-9-6-7-10-21(20)23-15-8-16-29(26-3,27-4)28-5;/h6-7,9-14,23H,1,8,15-16H2,2-5H3,(H,24,25);1H. The Balaban J connectivity index is 0.00000450. The minimum atomic E-state index is -2.54. The van der Waals surface area contributed by atoms with Crippen LogP contribution in [0.5, 0.6) is 0 Å². The van der Waals surface area contributed by atoms with E-state index >= 15 is 0 Å². The van der Waals surface area contributed by atoms with Crippen molar-refractivity contribution in [2.75, 3.05) is 38.5 Å². The maximum atomic E-state index is 11.8. The fourth-order valence-corrected chi connectivity index (χ4v) is 4.67. The normalized spacial score (nSPS) is 10.8. The van der Waals surface area contributed by atoms with Crippen molar-refractivity contribution < 1.29 is 18.1 Å². The summed E-state index contributed by atoms with van der Waals surface area (Å²) in [6.07, 6.45) is 0.863. The topological polar surface area (TPSA) is 68.8 Å². The van der Waals surface area contributed by atoms with Crippen LogP contribution in [-0.2, 0) is 18.1 Å². The summed E-state index contributed by atoms with van der Waals surface area (Å²) in [7, 11) is 2.35. The van der Waals surface area contributed by atoms with Gasteiger partial charge in [0.1, 0.15) is 0 Å². The highest BCUT2D eigenvalue weighted by Crippen LogP contribution is 2.29. The number of rotatable bonds is 11. The van der Waals surface area contributed by atoms with Crippen LogP contribution < -0.4 is 10.6 Å². The molecule has 0 unspecified atom stereocenters. The molecule has 8 heteroatoms. The van der Waals surface area contributed by atoms with Crippen LogP contribution in [0.1, 0.15) is 13.3 Å². The molecule has 0 radical (unpaired) electrons. The zero-order valence-electron chi connectivity index (χ0n) is 18.0. The Labute approximate surface area is 186 Å². The summed E-state index contributed by atoms with van der Waals surface area (Å²) < 4.78 is 16.4. The quantitative estimate of drug-likeness (QED) is 0.287. The van der Waals surface area contributed by atoms with Gasteiger partial charge in [-0.3, -0.25) is 4.79 Å². The molecule has 0 aliphatic heterocycles. The third-order valence-electron chi connectivity index (χ3n) is 4.68. The van der Waals surface area contributed by atoms with Crippen LogP contribution in [0.4, 0.5) is 11.4 Å². The van der Waals surface area contributed by atoms with E-state index < -0.39 is 8.80 Å². The van der Waals surface area contributed by atoms with Crippen LogP contribution in [0.3, 0.4) is 0 Å². The highest BCUT2D eigenvalue weighted by atomic mass is 35.5. The number of hydrogen-bond donors (Lipinski definition) is 2. The first-order valence-electron chi connectivity index (χ1n) is 9.50. The lowest BCUT2D eigenvalue weighted by Gasteiger charge is -2.24. The molecule has 1 amide bonds. The second-order valence-corrected chi connectivity index (χ2v) is 9.77. The van der Waals surface area contributed by atoms with Gasteiger partial charge in [-0.2, -0.15) is 0 Å². The third-order valence-corrected chi connectivity index (χ3v) is 7.51. The van der Waals surface area contributed by atoms with Gasteiger partial charge in [0, 0.05) is 56.4 Å². The van der Waals surface area contributed by atoms with Crippen LogP contribution in [0, 0.1) is 0 Å². The van der Waals surface area contributed by atoms with Crippen LogP contribution >= 0.6 is 12.4 Å². The lowest BCUT2D eigenvalue weighted by atomic mass is 10.0. The molecule has 2 aromatic carbocycles. The Bertz CT molecular complexity index is 818. The number of carbonyl (C=O) groups excluding carboxylic acids is 1. The maximum Gasteiger partial charge on any atom is 0.500 e. The Morgan fingerprint density at radius 3 is 2.17 bits per heavy atom. The molecule has 2 aromatic rings. The van der Waals surface area contributed by atoms with Crippen molar-refractivity contribution in [2.24, 2.45) is 0 Å². The molecule has 0 bridgehead atoms. The first kappa shape index (κ1) is 25.9. The third kappa shape index (κ3) is 6.96. The molecule has 164 valence electrons. The second kappa shape index (κ2) is 12.5. The van der Waals surface area contributed by atoms with E-state index in [1.807, 2.05) is 36.4 Å². The van der Waals surface area contributed by atoms with E-state index in [2.05, 4.69) is 29.3 Å². The van der Waals surface area contributed by atoms with Crippen LogP contribution in [0.25, 0.3) is 11.1 Å². The molecule has 0 aliphatic carbocycles. The van der Waals surface area contributed by atoms with Gasteiger partial charge in [0.15, 0.2) is 0 Å². The van der Waals surface area contributed by atoms with Crippen molar-refractivity contribution in [1.29, 1.82) is 0 Å². The number of hydrogen-bond acceptors (Lipinski definition) is 5. The molecule has 0 aliphatic rings.